The Bertz CT molecular complexity index is 514. The molecule has 0 bridgehead atoms. The minimum absolute atomic E-state index is 0.0721. The molecule has 0 saturated carbocycles. The fraction of sp³-hybridized carbons (Fsp3) is 0.667. The van der Waals surface area contributed by atoms with E-state index in [2.05, 4.69) is 12.2 Å². The van der Waals surface area contributed by atoms with E-state index < -0.39 is 17.3 Å². The van der Waals surface area contributed by atoms with Gasteiger partial charge in [0.1, 0.15) is 11.2 Å². The number of unbranched alkanes of at least 4 members (excludes halogenated alkanes) is 3. The molecule has 1 atom stereocenters. The average Bonchev–Trinajstić information content (AvgIpc) is 2.39. The van der Waals surface area contributed by atoms with E-state index in [0.717, 1.165) is 25.7 Å². The van der Waals surface area contributed by atoms with Gasteiger partial charge in [-0.3, -0.25) is 10.1 Å². The highest BCUT2D eigenvalue weighted by Gasteiger charge is 2.33. The van der Waals surface area contributed by atoms with Gasteiger partial charge in [-0.1, -0.05) is 26.2 Å². The highest BCUT2D eigenvalue weighted by molar-refractivity contribution is 6.07. The molecular weight excluding hydrogens is 294 g/mol. The zero-order chi connectivity index (χ0) is 17.7. The van der Waals surface area contributed by atoms with Crippen molar-refractivity contribution in [3.8, 4) is 0 Å². The third-order valence-corrected chi connectivity index (χ3v) is 3.73. The lowest BCUT2D eigenvalue weighted by molar-refractivity contribution is -0.112. The van der Waals surface area contributed by atoms with Crippen molar-refractivity contribution in [3.63, 3.8) is 0 Å². The van der Waals surface area contributed by atoms with Crippen LogP contribution < -0.4 is 5.32 Å². The molecule has 0 fully saturated rings. The van der Waals surface area contributed by atoms with E-state index in [1.165, 1.54) is 12.2 Å². The third kappa shape index (κ3) is 6.18. The summed E-state index contributed by atoms with van der Waals surface area (Å²) in [5.74, 6) is -0.327. The van der Waals surface area contributed by atoms with Crippen molar-refractivity contribution in [1.82, 2.24) is 5.32 Å². The van der Waals surface area contributed by atoms with Gasteiger partial charge in [0.25, 0.3) is 0 Å². The van der Waals surface area contributed by atoms with Crippen LogP contribution in [0.4, 0.5) is 4.79 Å². The van der Waals surface area contributed by atoms with Gasteiger partial charge in [-0.15, -0.1) is 0 Å². The topological polar surface area (TPSA) is 75.6 Å². The summed E-state index contributed by atoms with van der Waals surface area (Å²) >= 11 is 0. The van der Waals surface area contributed by atoms with Gasteiger partial charge < -0.3 is 9.84 Å². The van der Waals surface area contributed by atoms with Crippen molar-refractivity contribution in [3.05, 3.63) is 23.4 Å². The standard InChI is InChI=1S/C18H29NO4/c1-6-7-8-9-10-18(22)12-14(15(20)11-13(18)2)19-16(21)23-17(3,4)5/h11-12,22H,6-10H2,1-5H3,(H,19,21). The Kier molecular flexibility index (Phi) is 6.57. The Hall–Kier alpha value is -1.62. The molecular formula is C18H29NO4. The average molecular weight is 323 g/mol. The number of rotatable bonds is 6. The van der Waals surface area contributed by atoms with E-state index in [-0.39, 0.29) is 11.5 Å². The Labute approximate surface area is 138 Å². The van der Waals surface area contributed by atoms with Gasteiger partial charge in [0, 0.05) is 0 Å². The predicted octanol–water partition coefficient (Wildman–Crippen LogP) is 3.63. The molecule has 1 amide bonds. The molecule has 0 radical (unpaired) electrons. The number of ether oxygens (including phenoxy) is 1. The first-order valence-corrected chi connectivity index (χ1v) is 8.26. The second-order valence-electron chi connectivity index (χ2n) is 7.11. The van der Waals surface area contributed by atoms with Gasteiger partial charge >= 0.3 is 6.09 Å². The van der Waals surface area contributed by atoms with Crippen molar-refractivity contribution in [2.75, 3.05) is 0 Å². The second kappa shape index (κ2) is 7.77. The number of carbonyl (C=O) groups is 2. The van der Waals surface area contributed by atoms with Gasteiger partial charge in [0.2, 0.25) is 5.78 Å². The quantitative estimate of drug-likeness (QED) is 0.732. The maximum atomic E-state index is 12.0. The molecule has 0 heterocycles. The molecule has 130 valence electrons. The maximum absolute atomic E-state index is 12.0. The Morgan fingerprint density at radius 3 is 2.52 bits per heavy atom. The summed E-state index contributed by atoms with van der Waals surface area (Å²) in [6, 6.07) is 0. The number of nitrogens with one attached hydrogen (secondary N) is 1. The van der Waals surface area contributed by atoms with Crippen LogP contribution in [0.1, 0.15) is 66.7 Å². The van der Waals surface area contributed by atoms with Crippen LogP contribution in [0.15, 0.2) is 23.4 Å². The zero-order valence-electron chi connectivity index (χ0n) is 14.9. The molecule has 0 spiro atoms. The number of hydrogen-bond acceptors (Lipinski definition) is 4. The van der Waals surface area contributed by atoms with Crippen LogP contribution in [0.25, 0.3) is 0 Å². The molecule has 1 aliphatic carbocycles. The summed E-state index contributed by atoms with van der Waals surface area (Å²) in [6.07, 6.45) is 6.79. The fourth-order valence-electron chi connectivity index (χ4n) is 2.42. The van der Waals surface area contributed by atoms with Crippen LogP contribution in [-0.4, -0.2) is 28.2 Å². The molecule has 1 unspecified atom stereocenters. The van der Waals surface area contributed by atoms with Crippen molar-refractivity contribution < 1.29 is 19.4 Å². The van der Waals surface area contributed by atoms with Crippen LogP contribution in [-0.2, 0) is 9.53 Å². The van der Waals surface area contributed by atoms with Crippen molar-refractivity contribution in [1.29, 1.82) is 0 Å². The lowest BCUT2D eigenvalue weighted by atomic mass is 9.83. The van der Waals surface area contributed by atoms with Crippen LogP contribution >= 0.6 is 0 Å². The maximum Gasteiger partial charge on any atom is 0.412 e. The lowest BCUT2D eigenvalue weighted by Gasteiger charge is -2.30. The first-order chi connectivity index (χ1) is 10.6. The zero-order valence-corrected chi connectivity index (χ0v) is 14.9. The summed E-state index contributed by atoms with van der Waals surface area (Å²) in [5.41, 5.74) is -1.16. The summed E-state index contributed by atoms with van der Waals surface area (Å²) in [7, 11) is 0. The Balaban J connectivity index is 2.79. The van der Waals surface area contributed by atoms with E-state index in [0.29, 0.717) is 12.0 Å². The van der Waals surface area contributed by atoms with Crippen molar-refractivity contribution in [2.24, 2.45) is 0 Å². The Morgan fingerprint density at radius 1 is 1.30 bits per heavy atom. The number of amides is 1. The molecule has 0 aromatic rings. The summed E-state index contributed by atoms with van der Waals surface area (Å²) in [4.78, 5) is 23.9. The van der Waals surface area contributed by atoms with E-state index in [9.17, 15) is 14.7 Å². The molecule has 5 heteroatoms. The molecule has 23 heavy (non-hydrogen) atoms. The van der Waals surface area contributed by atoms with E-state index in [1.807, 2.05) is 0 Å². The normalized spacial score (nSPS) is 21.6. The molecule has 0 aromatic carbocycles. The van der Waals surface area contributed by atoms with Gasteiger partial charge in [0.15, 0.2) is 0 Å². The largest absolute Gasteiger partial charge is 0.444 e. The number of hydrogen-bond donors (Lipinski definition) is 2. The van der Waals surface area contributed by atoms with E-state index >= 15 is 0 Å². The molecule has 0 aromatic heterocycles. The molecule has 2 N–H and O–H groups in total. The number of carbonyl (C=O) groups excluding carboxylic acids is 2. The van der Waals surface area contributed by atoms with Gasteiger partial charge in [0.05, 0.1) is 5.70 Å². The molecule has 0 aliphatic heterocycles. The van der Waals surface area contributed by atoms with Gasteiger partial charge in [-0.05, 0) is 58.3 Å². The predicted molar refractivity (Wildman–Crippen MR) is 89.9 cm³/mol. The summed E-state index contributed by atoms with van der Waals surface area (Å²) < 4.78 is 5.15. The smallest absolute Gasteiger partial charge is 0.412 e. The molecule has 0 saturated heterocycles. The summed E-state index contributed by atoms with van der Waals surface area (Å²) in [6.45, 7) is 9.10. The van der Waals surface area contributed by atoms with E-state index in [1.54, 1.807) is 27.7 Å². The highest BCUT2D eigenvalue weighted by atomic mass is 16.6. The van der Waals surface area contributed by atoms with Crippen molar-refractivity contribution >= 4 is 11.9 Å². The van der Waals surface area contributed by atoms with Gasteiger partial charge in [-0.25, -0.2) is 4.79 Å². The SMILES string of the molecule is CCCCCCC1(O)C=C(NC(=O)OC(C)(C)C)C(=O)C=C1C. The van der Waals surface area contributed by atoms with Gasteiger partial charge in [-0.2, -0.15) is 0 Å². The third-order valence-electron chi connectivity index (χ3n) is 3.73. The highest BCUT2D eigenvalue weighted by Crippen LogP contribution is 2.30. The first-order valence-electron chi connectivity index (χ1n) is 8.26. The number of aliphatic hydroxyl groups is 1. The monoisotopic (exact) mass is 323 g/mol. The minimum atomic E-state index is -1.19. The summed E-state index contributed by atoms with van der Waals surface area (Å²) in [5, 5.41) is 13.2. The fourth-order valence-corrected chi connectivity index (χ4v) is 2.42. The van der Waals surface area contributed by atoms with Crippen molar-refractivity contribution in [2.45, 2.75) is 77.9 Å². The minimum Gasteiger partial charge on any atom is -0.444 e. The van der Waals surface area contributed by atoms with Crippen LogP contribution in [0.3, 0.4) is 0 Å². The molecule has 1 rings (SSSR count). The number of alkyl carbamates (subject to hydrolysis) is 1. The van der Waals surface area contributed by atoms with E-state index in [4.69, 9.17) is 4.74 Å². The second-order valence-corrected chi connectivity index (χ2v) is 7.11. The molecule has 5 nitrogen and oxygen atoms in total. The van der Waals surface area contributed by atoms with Crippen LogP contribution in [0.5, 0.6) is 0 Å². The first kappa shape index (κ1) is 19.4. The van der Waals surface area contributed by atoms with Crippen LogP contribution in [0.2, 0.25) is 0 Å². The number of ketones is 1. The Morgan fingerprint density at radius 2 is 1.96 bits per heavy atom. The lowest BCUT2D eigenvalue weighted by Crippen LogP contribution is -2.39. The number of allylic oxidation sites excluding steroid dienone is 1. The molecule has 1 aliphatic rings. The van der Waals surface area contributed by atoms with Crippen LogP contribution in [0, 0.1) is 0 Å².